The van der Waals surface area contributed by atoms with E-state index in [-0.39, 0.29) is 5.56 Å². The number of ether oxygens (including phenoxy) is 1. The van der Waals surface area contributed by atoms with Crippen LogP contribution in [0.3, 0.4) is 0 Å². The minimum absolute atomic E-state index is 0.285. The Labute approximate surface area is 135 Å². The van der Waals surface area contributed by atoms with E-state index in [9.17, 15) is 14.7 Å². The molecule has 1 aromatic heterocycles. The van der Waals surface area contributed by atoms with Crippen molar-refractivity contribution in [3.8, 4) is 0 Å². The molecule has 0 unspecified atom stereocenters. The molecule has 2 rings (SSSR count). The predicted molar refractivity (Wildman–Crippen MR) is 87.8 cm³/mol. The second-order valence-electron chi connectivity index (χ2n) is 6.34. The van der Waals surface area contributed by atoms with Crippen molar-refractivity contribution in [2.45, 2.75) is 39.3 Å². The molecule has 6 nitrogen and oxygen atoms in total. The number of nitrogens with zero attached hydrogens (tertiary/aromatic N) is 1. The molecule has 2 N–H and O–H groups in total. The van der Waals surface area contributed by atoms with E-state index in [1.807, 2.05) is 43.7 Å². The number of fused-ring (bicyclic) bond motifs is 1. The number of carbonyl (C=O) groups is 2. The van der Waals surface area contributed by atoms with E-state index in [2.05, 4.69) is 5.32 Å². The fourth-order valence-corrected chi connectivity index (χ4v) is 2.37. The summed E-state index contributed by atoms with van der Waals surface area (Å²) >= 11 is 0. The zero-order valence-electron chi connectivity index (χ0n) is 13.6. The van der Waals surface area contributed by atoms with Gasteiger partial charge in [-0.15, -0.1) is 0 Å². The van der Waals surface area contributed by atoms with E-state index in [0.717, 1.165) is 5.39 Å². The zero-order chi connectivity index (χ0) is 17.0. The summed E-state index contributed by atoms with van der Waals surface area (Å²) in [5.74, 6) is -0.942. The monoisotopic (exact) mass is 318 g/mol. The van der Waals surface area contributed by atoms with Crippen molar-refractivity contribution in [2.75, 3.05) is 6.54 Å². The van der Waals surface area contributed by atoms with Crippen LogP contribution in [0, 0.1) is 0 Å². The molecule has 0 saturated carbocycles. The van der Waals surface area contributed by atoms with Crippen molar-refractivity contribution < 1.29 is 19.4 Å². The van der Waals surface area contributed by atoms with Crippen molar-refractivity contribution >= 4 is 23.0 Å². The van der Waals surface area contributed by atoms with Crippen LogP contribution >= 0.6 is 0 Å². The molecule has 0 bridgehead atoms. The minimum atomic E-state index is -0.942. The highest BCUT2D eigenvalue weighted by Gasteiger charge is 2.15. The highest BCUT2D eigenvalue weighted by atomic mass is 16.6. The highest BCUT2D eigenvalue weighted by molar-refractivity contribution is 6.02. The summed E-state index contributed by atoms with van der Waals surface area (Å²) < 4.78 is 7.06. The van der Waals surface area contributed by atoms with Gasteiger partial charge in [0.15, 0.2) is 0 Å². The lowest BCUT2D eigenvalue weighted by Crippen LogP contribution is -2.33. The van der Waals surface area contributed by atoms with Gasteiger partial charge >= 0.3 is 12.1 Å². The summed E-state index contributed by atoms with van der Waals surface area (Å²) in [6, 6.07) is 7.11. The van der Waals surface area contributed by atoms with Gasteiger partial charge in [0.05, 0.1) is 11.1 Å². The Balaban J connectivity index is 1.96. The van der Waals surface area contributed by atoms with Gasteiger partial charge in [-0.05, 0) is 39.3 Å². The van der Waals surface area contributed by atoms with Crippen LogP contribution in [0.4, 0.5) is 4.79 Å². The second-order valence-corrected chi connectivity index (χ2v) is 6.34. The third kappa shape index (κ3) is 4.48. The van der Waals surface area contributed by atoms with Gasteiger partial charge in [0.25, 0.3) is 0 Å². The molecule has 124 valence electrons. The summed E-state index contributed by atoms with van der Waals surface area (Å²) in [6.07, 6.45) is 2.10. The van der Waals surface area contributed by atoms with Gasteiger partial charge in [-0.1, -0.05) is 12.1 Å². The van der Waals surface area contributed by atoms with Gasteiger partial charge in [-0.25, -0.2) is 9.59 Å². The van der Waals surface area contributed by atoms with Gasteiger partial charge in [0.1, 0.15) is 5.60 Å². The fraction of sp³-hybridized carbons (Fsp3) is 0.412. The lowest BCUT2D eigenvalue weighted by atomic mass is 10.1. The van der Waals surface area contributed by atoms with Gasteiger partial charge < -0.3 is 19.7 Å². The van der Waals surface area contributed by atoms with Gasteiger partial charge in [0, 0.05) is 24.7 Å². The van der Waals surface area contributed by atoms with E-state index < -0.39 is 17.7 Å². The Morgan fingerprint density at radius 1 is 1.26 bits per heavy atom. The molecule has 1 heterocycles. The predicted octanol–water partition coefficient (Wildman–Crippen LogP) is 3.25. The van der Waals surface area contributed by atoms with Crippen molar-refractivity contribution in [3.63, 3.8) is 0 Å². The number of para-hydroxylation sites is 1. The molecule has 0 atom stereocenters. The number of rotatable bonds is 5. The van der Waals surface area contributed by atoms with Crippen LogP contribution in [-0.4, -0.2) is 33.9 Å². The van der Waals surface area contributed by atoms with Crippen LogP contribution < -0.4 is 5.32 Å². The standard InChI is InChI=1S/C17H22N2O4/c1-17(2,3)23-16(22)18-9-5-10-19-11-8-12-6-4-7-13(14(12)19)15(20)21/h4,6-8,11H,5,9-10H2,1-3H3,(H,18,22)(H,20,21). The first kappa shape index (κ1) is 16.9. The minimum Gasteiger partial charge on any atom is -0.478 e. The van der Waals surface area contributed by atoms with E-state index in [0.29, 0.717) is 25.0 Å². The summed E-state index contributed by atoms with van der Waals surface area (Å²) in [6.45, 7) is 6.51. The number of carbonyl (C=O) groups excluding carboxylic acids is 1. The molecule has 0 spiro atoms. The highest BCUT2D eigenvalue weighted by Crippen LogP contribution is 2.20. The number of alkyl carbamates (subject to hydrolysis) is 1. The van der Waals surface area contributed by atoms with Gasteiger partial charge in [-0.3, -0.25) is 0 Å². The lowest BCUT2D eigenvalue weighted by Gasteiger charge is -2.19. The number of amides is 1. The molecule has 6 heteroatoms. The SMILES string of the molecule is CC(C)(C)OC(=O)NCCCn1ccc2cccc(C(=O)O)c21. The first-order chi connectivity index (χ1) is 10.8. The first-order valence-corrected chi connectivity index (χ1v) is 7.56. The van der Waals surface area contributed by atoms with Crippen molar-refractivity contribution in [3.05, 3.63) is 36.0 Å². The average molecular weight is 318 g/mol. The summed E-state index contributed by atoms with van der Waals surface area (Å²) in [5.41, 5.74) is 0.474. The fourth-order valence-electron chi connectivity index (χ4n) is 2.37. The van der Waals surface area contributed by atoms with Crippen LogP contribution in [0.2, 0.25) is 0 Å². The number of carboxylic acids is 1. The third-order valence-electron chi connectivity index (χ3n) is 3.26. The first-order valence-electron chi connectivity index (χ1n) is 7.56. The van der Waals surface area contributed by atoms with Crippen molar-refractivity contribution in [1.29, 1.82) is 0 Å². The van der Waals surface area contributed by atoms with E-state index in [4.69, 9.17) is 4.74 Å². The molecule has 1 amide bonds. The summed E-state index contributed by atoms with van der Waals surface area (Å²) in [5, 5.41) is 12.9. The number of carboxylic acid groups (broad SMARTS) is 1. The lowest BCUT2D eigenvalue weighted by molar-refractivity contribution is 0.0526. The van der Waals surface area contributed by atoms with Gasteiger partial charge in [0.2, 0.25) is 0 Å². The van der Waals surface area contributed by atoms with E-state index in [1.165, 1.54) is 0 Å². The summed E-state index contributed by atoms with van der Waals surface area (Å²) in [7, 11) is 0. The van der Waals surface area contributed by atoms with Crippen molar-refractivity contribution in [2.24, 2.45) is 0 Å². The zero-order valence-corrected chi connectivity index (χ0v) is 13.6. The number of aryl methyl sites for hydroxylation is 1. The maximum atomic E-state index is 11.6. The number of hydrogen-bond acceptors (Lipinski definition) is 3. The van der Waals surface area contributed by atoms with Crippen LogP contribution in [0.25, 0.3) is 10.9 Å². The molecule has 0 aliphatic rings. The Morgan fingerprint density at radius 2 is 2.00 bits per heavy atom. The molecule has 0 aliphatic heterocycles. The van der Waals surface area contributed by atoms with Crippen molar-refractivity contribution in [1.82, 2.24) is 9.88 Å². The number of nitrogens with one attached hydrogen (secondary N) is 1. The molecule has 0 aliphatic carbocycles. The second kappa shape index (κ2) is 6.73. The Bertz CT molecular complexity index is 713. The third-order valence-corrected chi connectivity index (χ3v) is 3.26. The van der Waals surface area contributed by atoms with Crippen LogP contribution in [-0.2, 0) is 11.3 Å². The molecule has 1 aromatic carbocycles. The quantitative estimate of drug-likeness (QED) is 0.829. The smallest absolute Gasteiger partial charge is 0.407 e. The number of aromatic carboxylic acids is 1. The molecular formula is C17H22N2O4. The van der Waals surface area contributed by atoms with Crippen LogP contribution in [0.1, 0.15) is 37.6 Å². The molecule has 0 saturated heterocycles. The maximum Gasteiger partial charge on any atom is 0.407 e. The Kier molecular flexibility index (Phi) is 4.93. The summed E-state index contributed by atoms with van der Waals surface area (Å²) in [4.78, 5) is 22.9. The van der Waals surface area contributed by atoms with E-state index in [1.54, 1.807) is 12.1 Å². The molecule has 23 heavy (non-hydrogen) atoms. The van der Waals surface area contributed by atoms with E-state index >= 15 is 0 Å². The number of benzene rings is 1. The molecular weight excluding hydrogens is 296 g/mol. The van der Waals surface area contributed by atoms with Crippen LogP contribution in [0.15, 0.2) is 30.5 Å². The average Bonchev–Trinajstić information content (AvgIpc) is 2.84. The Hall–Kier alpha value is -2.50. The number of aromatic nitrogens is 1. The normalized spacial score (nSPS) is 11.4. The molecule has 0 radical (unpaired) electrons. The largest absolute Gasteiger partial charge is 0.478 e. The topological polar surface area (TPSA) is 80.6 Å². The molecule has 0 fully saturated rings. The van der Waals surface area contributed by atoms with Gasteiger partial charge in [-0.2, -0.15) is 0 Å². The number of hydrogen-bond donors (Lipinski definition) is 2. The molecule has 2 aromatic rings. The Morgan fingerprint density at radius 3 is 2.65 bits per heavy atom. The maximum absolute atomic E-state index is 11.6. The van der Waals surface area contributed by atoms with Crippen LogP contribution in [0.5, 0.6) is 0 Å².